The number of benzene rings is 2. The molecule has 128 valence electrons. The van der Waals surface area contributed by atoms with Crippen molar-refractivity contribution in [2.45, 2.75) is 37.8 Å². The van der Waals surface area contributed by atoms with Crippen molar-refractivity contribution in [1.29, 1.82) is 0 Å². The number of carbonyl (C=O) groups is 1. The summed E-state index contributed by atoms with van der Waals surface area (Å²) >= 11 is 8.81. The Labute approximate surface area is 161 Å². The third kappa shape index (κ3) is 3.35. The van der Waals surface area contributed by atoms with Gasteiger partial charge in [0.25, 0.3) is 0 Å². The maximum atomic E-state index is 13.1. The van der Waals surface area contributed by atoms with Gasteiger partial charge >= 0.3 is 0 Å². The molecule has 2 unspecified atom stereocenters. The smallest absolute Gasteiger partial charge is 0.186 e. The van der Waals surface area contributed by atoms with E-state index in [1.165, 1.54) is 24.0 Å². The van der Waals surface area contributed by atoms with E-state index in [9.17, 15) is 4.79 Å². The first kappa shape index (κ1) is 16.7. The number of rotatable bonds is 2. The molecule has 2 aromatic carbocycles. The van der Waals surface area contributed by atoms with Gasteiger partial charge in [-0.3, -0.25) is 4.79 Å². The Morgan fingerprint density at radius 1 is 0.880 bits per heavy atom. The highest BCUT2D eigenvalue weighted by Crippen LogP contribution is 2.30. The average molecular weight is 415 g/mol. The second-order valence-electron chi connectivity index (χ2n) is 6.67. The molecule has 0 saturated carbocycles. The molecule has 2 aromatic rings. The Hall–Kier alpha value is -1.72. The summed E-state index contributed by atoms with van der Waals surface area (Å²) in [5.74, 6) is 0.103. The van der Waals surface area contributed by atoms with Gasteiger partial charge in [0, 0.05) is 4.47 Å². The summed E-state index contributed by atoms with van der Waals surface area (Å²) in [7, 11) is 0. The highest BCUT2D eigenvalue weighted by molar-refractivity contribution is 9.10. The SMILES string of the molecule is O=C1C(c2ccc(Br)cc2)NC(=S)NC1c1ccc2c(c1)CCCC2. The van der Waals surface area contributed by atoms with Crippen molar-refractivity contribution in [2.24, 2.45) is 0 Å². The number of hydrogen-bond acceptors (Lipinski definition) is 2. The molecule has 0 bridgehead atoms. The van der Waals surface area contributed by atoms with Crippen molar-refractivity contribution in [3.05, 3.63) is 69.2 Å². The largest absolute Gasteiger partial charge is 0.349 e. The van der Waals surface area contributed by atoms with Gasteiger partial charge in [0.1, 0.15) is 12.1 Å². The van der Waals surface area contributed by atoms with Crippen LogP contribution in [-0.2, 0) is 17.6 Å². The standard InChI is InChI=1S/C20H19BrN2OS/c21-16-9-7-13(8-10-16)17-19(24)18(23-20(25)22-17)15-6-5-12-3-1-2-4-14(12)11-15/h5-11,17-18H,1-4H2,(H2,22,23,25). The van der Waals surface area contributed by atoms with Crippen molar-refractivity contribution in [2.75, 3.05) is 0 Å². The quantitative estimate of drug-likeness (QED) is 0.723. The van der Waals surface area contributed by atoms with Crippen molar-refractivity contribution in [3.8, 4) is 0 Å². The van der Waals surface area contributed by atoms with Gasteiger partial charge in [0.15, 0.2) is 10.9 Å². The fourth-order valence-corrected chi connectivity index (χ4v) is 4.20. The lowest BCUT2D eigenvalue weighted by Gasteiger charge is -2.33. The second-order valence-corrected chi connectivity index (χ2v) is 8.00. The summed E-state index contributed by atoms with van der Waals surface area (Å²) in [5, 5.41) is 6.80. The Balaban J connectivity index is 1.66. The van der Waals surface area contributed by atoms with Crippen LogP contribution in [0.4, 0.5) is 0 Å². The lowest BCUT2D eigenvalue weighted by atomic mass is 9.86. The van der Waals surface area contributed by atoms with E-state index in [0.29, 0.717) is 5.11 Å². The van der Waals surface area contributed by atoms with E-state index in [0.717, 1.165) is 28.4 Å². The van der Waals surface area contributed by atoms with Crippen LogP contribution in [0.1, 0.15) is 47.2 Å². The van der Waals surface area contributed by atoms with Crippen LogP contribution < -0.4 is 10.6 Å². The Bertz CT molecular complexity index is 834. The molecule has 0 aromatic heterocycles. The van der Waals surface area contributed by atoms with E-state index in [1.807, 2.05) is 24.3 Å². The number of fused-ring (bicyclic) bond motifs is 1. The molecule has 5 heteroatoms. The first-order chi connectivity index (χ1) is 12.1. The first-order valence-corrected chi connectivity index (χ1v) is 9.80. The molecule has 0 spiro atoms. The van der Waals surface area contributed by atoms with E-state index >= 15 is 0 Å². The number of Topliss-reactive ketones (excluding diaryl/α,β-unsaturated/α-hetero) is 1. The van der Waals surface area contributed by atoms with Crippen LogP contribution in [0.5, 0.6) is 0 Å². The van der Waals surface area contributed by atoms with Crippen LogP contribution >= 0.6 is 28.1 Å². The van der Waals surface area contributed by atoms with Gasteiger partial charge in [-0.05, 0) is 72.3 Å². The van der Waals surface area contributed by atoms with Gasteiger partial charge in [-0.2, -0.15) is 0 Å². The molecular formula is C20H19BrN2OS. The first-order valence-electron chi connectivity index (χ1n) is 8.60. The summed E-state index contributed by atoms with van der Waals surface area (Å²) in [6.45, 7) is 0. The average Bonchev–Trinajstić information content (AvgIpc) is 2.64. The van der Waals surface area contributed by atoms with Crippen molar-refractivity contribution in [3.63, 3.8) is 0 Å². The highest BCUT2D eigenvalue weighted by atomic mass is 79.9. The maximum absolute atomic E-state index is 13.1. The van der Waals surface area contributed by atoms with Crippen LogP contribution in [0, 0.1) is 0 Å². The number of halogens is 1. The zero-order valence-corrected chi connectivity index (χ0v) is 16.1. The van der Waals surface area contributed by atoms with Crippen LogP contribution in [0.15, 0.2) is 46.9 Å². The minimum atomic E-state index is -0.414. The predicted octanol–water partition coefficient (Wildman–Crippen LogP) is 4.16. The van der Waals surface area contributed by atoms with Crippen LogP contribution in [0.2, 0.25) is 0 Å². The third-order valence-corrected chi connectivity index (χ3v) is 5.79. The van der Waals surface area contributed by atoms with Gasteiger partial charge in [-0.25, -0.2) is 0 Å². The number of nitrogens with one attached hydrogen (secondary N) is 2. The molecule has 2 aliphatic rings. The molecule has 2 atom stereocenters. The van der Waals surface area contributed by atoms with Gasteiger partial charge < -0.3 is 10.6 Å². The minimum Gasteiger partial charge on any atom is -0.349 e. The second kappa shape index (κ2) is 6.89. The molecule has 25 heavy (non-hydrogen) atoms. The number of aryl methyl sites for hydroxylation is 2. The lowest BCUT2D eigenvalue weighted by molar-refractivity contribution is -0.123. The van der Waals surface area contributed by atoms with Crippen molar-refractivity contribution < 1.29 is 4.79 Å². The fourth-order valence-electron chi connectivity index (χ4n) is 3.70. The molecule has 1 heterocycles. The Kier molecular flexibility index (Phi) is 4.61. The van der Waals surface area contributed by atoms with Crippen molar-refractivity contribution >= 4 is 39.0 Å². The molecule has 3 nitrogen and oxygen atoms in total. The Morgan fingerprint density at radius 2 is 1.48 bits per heavy atom. The Morgan fingerprint density at radius 3 is 2.20 bits per heavy atom. The number of ketones is 1. The zero-order chi connectivity index (χ0) is 17.4. The molecule has 4 rings (SSSR count). The maximum Gasteiger partial charge on any atom is 0.186 e. The number of thiocarbonyl (C=S) groups is 1. The van der Waals surface area contributed by atoms with Crippen LogP contribution in [0.25, 0.3) is 0 Å². The molecule has 1 fully saturated rings. The van der Waals surface area contributed by atoms with E-state index in [1.54, 1.807) is 0 Å². The highest BCUT2D eigenvalue weighted by Gasteiger charge is 2.35. The summed E-state index contributed by atoms with van der Waals surface area (Å²) in [6.07, 6.45) is 4.72. The molecule has 1 saturated heterocycles. The fraction of sp³-hybridized carbons (Fsp3) is 0.300. The van der Waals surface area contributed by atoms with Crippen molar-refractivity contribution in [1.82, 2.24) is 10.6 Å². The third-order valence-electron chi connectivity index (χ3n) is 5.03. The summed E-state index contributed by atoms with van der Waals surface area (Å²) < 4.78 is 0.992. The van der Waals surface area contributed by atoms with E-state index in [4.69, 9.17) is 12.2 Å². The number of carbonyl (C=O) groups excluding carboxylic acids is 1. The van der Waals surface area contributed by atoms with Crippen LogP contribution in [0.3, 0.4) is 0 Å². The molecule has 1 aliphatic heterocycles. The van der Waals surface area contributed by atoms with Crippen LogP contribution in [-0.4, -0.2) is 10.9 Å². The van der Waals surface area contributed by atoms with Gasteiger partial charge in [0.05, 0.1) is 0 Å². The van der Waals surface area contributed by atoms with Gasteiger partial charge in [0.2, 0.25) is 0 Å². The van der Waals surface area contributed by atoms with E-state index in [2.05, 4.69) is 44.8 Å². The van der Waals surface area contributed by atoms with E-state index < -0.39 is 12.1 Å². The monoisotopic (exact) mass is 414 g/mol. The normalized spacial score (nSPS) is 22.8. The van der Waals surface area contributed by atoms with Gasteiger partial charge in [-0.15, -0.1) is 0 Å². The summed E-state index contributed by atoms with van der Waals surface area (Å²) in [5.41, 5.74) is 4.74. The number of hydrogen-bond donors (Lipinski definition) is 2. The van der Waals surface area contributed by atoms with E-state index in [-0.39, 0.29) is 5.78 Å². The molecular weight excluding hydrogens is 396 g/mol. The lowest BCUT2D eigenvalue weighted by Crippen LogP contribution is -2.52. The molecule has 0 radical (unpaired) electrons. The minimum absolute atomic E-state index is 0.103. The zero-order valence-electron chi connectivity index (χ0n) is 13.7. The molecule has 1 aliphatic carbocycles. The summed E-state index contributed by atoms with van der Waals surface area (Å²) in [4.78, 5) is 13.1. The topological polar surface area (TPSA) is 41.1 Å². The predicted molar refractivity (Wildman–Crippen MR) is 107 cm³/mol. The summed E-state index contributed by atoms with van der Waals surface area (Å²) in [6, 6.07) is 13.4. The molecule has 0 amide bonds. The van der Waals surface area contributed by atoms with Gasteiger partial charge in [-0.1, -0.05) is 46.3 Å². The molecule has 2 N–H and O–H groups in total.